The minimum Gasteiger partial charge on any atom is -0.449 e. The van der Waals surface area contributed by atoms with Gasteiger partial charge in [0, 0.05) is 6.20 Å². The fourth-order valence-corrected chi connectivity index (χ4v) is 1.01. The first-order valence-electron chi connectivity index (χ1n) is 3.82. The zero-order chi connectivity index (χ0) is 10.8. The first-order chi connectivity index (χ1) is 6.38. The number of aromatic nitrogens is 1. The van der Waals surface area contributed by atoms with Crippen molar-refractivity contribution in [3.05, 3.63) is 29.6 Å². The van der Waals surface area contributed by atoms with Crippen molar-refractivity contribution in [3.63, 3.8) is 0 Å². The van der Waals surface area contributed by atoms with Crippen LogP contribution in [0.4, 0.5) is 21.7 Å². The predicted octanol–water partition coefficient (Wildman–Crippen LogP) is -0.0477. The summed E-state index contributed by atoms with van der Waals surface area (Å²) in [6, 6.07) is 1.86. The number of pyridine rings is 1. The van der Waals surface area contributed by atoms with Crippen molar-refractivity contribution in [1.29, 1.82) is 0 Å². The standard InChI is InChI=1S/C7H6BF5N.K/c9-7(10)6-3-5(1-2-14-6)4-8(11,12)13;/h1-3,7H,4H2;/q-1;+1. The summed E-state index contributed by atoms with van der Waals surface area (Å²) in [5.74, 6) is 0. The molecule has 1 aromatic rings. The molecule has 0 N–H and O–H groups in total. The van der Waals surface area contributed by atoms with E-state index in [1.807, 2.05) is 0 Å². The van der Waals surface area contributed by atoms with Crippen LogP contribution in [0.2, 0.25) is 0 Å². The van der Waals surface area contributed by atoms with Crippen LogP contribution in [0.25, 0.3) is 0 Å². The van der Waals surface area contributed by atoms with E-state index in [0.29, 0.717) is 0 Å². The summed E-state index contributed by atoms with van der Waals surface area (Å²) >= 11 is 0. The van der Waals surface area contributed by atoms with Gasteiger partial charge in [0.15, 0.2) is 0 Å². The maximum atomic E-state index is 12.0. The van der Waals surface area contributed by atoms with Gasteiger partial charge in [-0.15, -0.1) is 0 Å². The second-order valence-corrected chi connectivity index (χ2v) is 2.80. The molecule has 15 heavy (non-hydrogen) atoms. The van der Waals surface area contributed by atoms with Crippen molar-refractivity contribution < 1.29 is 73.1 Å². The molecule has 0 bridgehead atoms. The number of alkyl halides is 2. The molecule has 8 heteroatoms. The number of rotatable bonds is 3. The van der Waals surface area contributed by atoms with E-state index in [-0.39, 0.29) is 56.9 Å². The third-order valence-corrected chi connectivity index (χ3v) is 1.54. The molecule has 0 radical (unpaired) electrons. The van der Waals surface area contributed by atoms with Gasteiger partial charge in [-0.05, 0) is 12.1 Å². The van der Waals surface area contributed by atoms with Gasteiger partial charge in [0.2, 0.25) is 0 Å². The van der Waals surface area contributed by atoms with Gasteiger partial charge in [0.05, 0.1) is 0 Å². The van der Waals surface area contributed by atoms with Crippen molar-refractivity contribution in [2.75, 3.05) is 0 Å². The van der Waals surface area contributed by atoms with Gasteiger partial charge in [0.1, 0.15) is 5.69 Å². The van der Waals surface area contributed by atoms with Gasteiger partial charge in [-0.2, -0.15) is 0 Å². The Bertz CT molecular complexity index is 316. The quantitative estimate of drug-likeness (QED) is 0.540. The Morgan fingerprint density at radius 2 is 1.87 bits per heavy atom. The molecule has 0 unspecified atom stereocenters. The Morgan fingerprint density at radius 1 is 1.27 bits per heavy atom. The molecule has 0 atom stereocenters. The van der Waals surface area contributed by atoms with Crippen molar-refractivity contribution in [1.82, 2.24) is 4.98 Å². The van der Waals surface area contributed by atoms with Crippen molar-refractivity contribution in [3.8, 4) is 0 Å². The molecule has 1 nitrogen and oxygen atoms in total. The van der Waals surface area contributed by atoms with Gasteiger partial charge in [-0.25, -0.2) is 8.78 Å². The molecule has 0 aliphatic heterocycles. The number of nitrogens with zero attached hydrogens (tertiary/aromatic N) is 1. The number of hydrogen-bond acceptors (Lipinski definition) is 1. The third kappa shape index (κ3) is 5.96. The average Bonchev–Trinajstić information content (AvgIpc) is 2.01. The molecule has 1 heterocycles. The van der Waals surface area contributed by atoms with E-state index in [1.54, 1.807) is 0 Å². The van der Waals surface area contributed by atoms with E-state index in [4.69, 9.17) is 0 Å². The molecule has 1 rings (SSSR count). The van der Waals surface area contributed by atoms with Crippen LogP contribution in [0.15, 0.2) is 18.3 Å². The van der Waals surface area contributed by atoms with Gasteiger partial charge in [-0.1, -0.05) is 11.9 Å². The molecule has 0 fully saturated rings. The van der Waals surface area contributed by atoms with Gasteiger partial charge < -0.3 is 12.9 Å². The largest absolute Gasteiger partial charge is 1.00 e. The molecule has 1 aromatic heterocycles. The maximum Gasteiger partial charge on any atom is 1.00 e. The fourth-order valence-electron chi connectivity index (χ4n) is 1.01. The topological polar surface area (TPSA) is 12.9 Å². The summed E-state index contributed by atoms with van der Waals surface area (Å²) in [5.41, 5.74) is -0.801. The molecule has 0 spiro atoms. The summed E-state index contributed by atoms with van der Waals surface area (Å²) in [5, 5.41) is 0. The Morgan fingerprint density at radius 3 is 2.33 bits per heavy atom. The molecule has 0 aromatic carbocycles. The molecule has 0 saturated heterocycles. The average molecular weight is 249 g/mol. The van der Waals surface area contributed by atoms with E-state index in [2.05, 4.69) is 4.98 Å². The SMILES string of the molecule is FC(F)c1cc(C[B-](F)(F)F)ccn1.[K+]. The number of hydrogen-bond donors (Lipinski definition) is 0. The Balaban J connectivity index is 0.00000196. The second-order valence-electron chi connectivity index (χ2n) is 2.80. The zero-order valence-electron chi connectivity index (χ0n) is 7.93. The third-order valence-electron chi connectivity index (χ3n) is 1.54. The van der Waals surface area contributed by atoms with Crippen molar-refractivity contribution >= 4 is 6.98 Å². The Kier molecular flexibility index (Phi) is 6.50. The molecule has 0 saturated carbocycles. The van der Waals surface area contributed by atoms with E-state index in [9.17, 15) is 21.7 Å². The van der Waals surface area contributed by atoms with Crippen LogP contribution in [0.3, 0.4) is 0 Å². The van der Waals surface area contributed by atoms with Crippen molar-refractivity contribution in [2.45, 2.75) is 12.7 Å². The van der Waals surface area contributed by atoms with Gasteiger partial charge in [-0.3, -0.25) is 4.98 Å². The Hall–Kier alpha value is 0.501. The van der Waals surface area contributed by atoms with E-state index in [1.165, 1.54) is 0 Å². The smallest absolute Gasteiger partial charge is 0.449 e. The van der Waals surface area contributed by atoms with Crippen LogP contribution in [-0.4, -0.2) is 12.0 Å². The van der Waals surface area contributed by atoms with E-state index in [0.717, 1.165) is 18.3 Å². The van der Waals surface area contributed by atoms with Gasteiger partial charge >= 0.3 is 58.4 Å². The second kappa shape index (κ2) is 6.29. The first-order valence-corrected chi connectivity index (χ1v) is 3.82. The van der Waals surface area contributed by atoms with Crippen LogP contribution in [0, 0.1) is 0 Å². The zero-order valence-corrected chi connectivity index (χ0v) is 11.1. The minimum atomic E-state index is -4.99. The van der Waals surface area contributed by atoms with Crippen LogP contribution in [-0.2, 0) is 6.32 Å². The molecule has 0 amide bonds. The van der Waals surface area contributed by atoms with E-state index < -0.39 is 25.4 Å². The van der Waals surface area contributed by atoms with Crippen LogP contribution < -0.4 is 51.4 Å². The molecule has 78 valence electrons. The normalized spacial score (nSPS) is 11.3. The monoisotopic (exact) mass is 249 g/mol. The summed E-state index contributed by atoms with van der Waals surface area (Å²) in [7, 11) is 0. The summed E-state index contributed by atoms with van der Waals surface area (Å²) in [4.78, 5) is 3.26. The minimum absolute atomic E-state index is 0. The predicted molar refractivity (Wildman–Crippen MR) is 42.0 cm³/mol. The maximum absolute atomic E-state index is 12.0. The van der Waals surface area contributed by atoms with E-state index >= 15 is 0 Å². The molecule has 0 aliphatic carbocycles. The molecular weight excluding hydrogens is 243 g/mol. The fraction of sp³-hybridized carbons (Fsp3) is 0.286. The summed E-state index contributed by atoms with van der Waals surface area (Å²) in [6.07, 6.45) is -3.03. The van der Waals surface area contributed by atoms with Crippen molar-refractivity contribution in [2.24, 2.45) is 0 Å². The van der Waals surface area contributed by atoms with Crippen LogP contribution >= 0.6 is 0 Å². The van der Waals surface area contributed by atoms with Crippen LogP contribution in [0.5, 0.6) is 0 Å². The molecule has 0 aliphatic rings. The number of halogens is 5. The Labute approximate surface area is 126 Å². The molecular formula is C7H6BF5KN. The van der Waals surface area contributed by atoms with Gasteiger partial charge in [0.25, 0.3) is 6.43 Å². The first kappa shape index (κ1) is 15.5. The summed E-state index contributed by atoms with van der Waals surface area (Å²) < 4.78 is 59.9. The summed E-state index contributed by atoms with van der Waals surface area (Å²) in [6.45, 7) is -4.99. The van der Waals surface area contributed by atoms with Crippen LogP contribution in [0.1, 0.15) is 17.7 Å².